The third-order valence-corrected chi connectivity index (χ3v) is 6.09. The van der Waals surface area contributed by atoms with Crippen LogP contribution in [0.2, 0.25) is 0 Å². The maximum absolute atomic E-state index is 12.9. The molecule has 5 nitrogen and oxygen atoms in total. The van der Waals surface area contributed by atoms with E-state index < -0.39 is 0 Å². The largest absolute Gasteiger partial charge is 0.337 e. The highest BCUT2D eigenvalue weighted by molar-refractivity contribution is 7.10. The van der Waals surface area contributed by atoms with E-state index in [-0.39, 0.29) is 11.4 Å². The molecule has 1 atom stereocenters. The second kappa shape index (κ2) is 8.18. The van der Waals surface area contributed by atoms with Crippen molar-refractivity contribution >= 4 is 17.4 Å². The smallest absolute Gasteiger partial charge is 0.318 e. The highest BCUT2D eigenvalue weighted by Crippen LogP contribution is 2.28. The van der Waals surface area contributed by atoms with Gasteiger partial charge in [0.05, 0.1) is 18.8 Å². The van der Waals surface area contributed by atoms with Gasteiger partial charge in [0.1, 0.15) is 0 Å². The number of urea groups is 1. The molecule has 140 valence electrons. The fourth-order valence-corrected chi connectivity index (χ4v) is 4.36. The summed E-state index contributed by atoms with van der Waals surface area (Å²) in [4.78, 5) is 22.7. The molecular weight excluding hydrogens is 344 g/mol. The summed E-state index contributed by atoms with van der Waals surface area (Å²) in [6.07, 6.45) is 2.89. The first-order valence-corrected chi connectivity index (χ1v) is 9.97. The molecule has 1 aliphatic heterocycles. The zero-order chi connectivity index (χ0) is 18.6. The maximum atomic E-state index is 12.9. The highest BCUT2D eigenvalue weighted by Gasteiger charge is 2.32. The standard InChI is InChI=1S/C20H28N4OS/c1-16-7-11-26-18(16)13-24(12-17-6-4-5-9-21-17)19(25)22-14-20(2)8-10-23(3)15-20/h4-7,9,11H,8,10,12-15H2,1-3H3,(H,22,25). The molecule has 2 aromatic rings. The Kier molecular flexibility index (Phi) is 5.94. The van der Waals surface area contributed by atoms with Gasteiger partial charge in [-0.05, 0) is 61.5 Å². The van der Waals surface area contributed by atoms with Crippen LogP contribution >= 0.6 is 11.3 Å². The third kappa shape index (κ3) is 4.83. The van der Waals surface area contributed by atoms with Crippen LogP contribution in [0, 0.1) is 12.3 Å². The van der Waals surface area contributed by atoms with E-state index >= 15 is 0 Å². The van der Waals surface area contributed by atoms with E-state index in [9.17, 15) is 4.79 Å². The molecule has 0 saturated carbocycles. The molecule has 1 aliphatic rings. The molecule has 0 radical (unpaired) electrons. The lowest BCUT2D eigenvalue weighted by Gasteiger charge is -2.28. The lowest BCUT2D eigenvalue weighted by molar-refractivity contribution is 0.184. The van der Waals surface area contributed by atoms with Crippen LogP contribution in [0.5, 0.6) is 0 Å². The van der Waals surface area contributed by atoms with Gasteiger partial charge in [-0.25, -0.2) is 4.79 Å². The van der Waals surface area contributed by atoms with E-state index in [0.717, 1.165) is 25.2 Å². The van der Waals surface area contributed by atoms with E-state index in [1.807, 2.05) is 23.1 Å². The summed E-state index contributed by atoms with van der Waals surface area (Å²) in [5.74, 6) is 0. The molecule has 3 heterocycles. The molecule has 1 fully saturated rings. The van der Waals surface area contributed by atoms with Gasteiger partial charge in [-0.3, -0.25) is 4.98 Å². The number of amides is 2. The lowest BCUT2D eigenvalue weighted by Crippen LogP contribution is -2.44. The first kappa shape index (κ1) is 18.9. The van der Waals surface area contributed by atoms with Crippen LogP contribution in [-0.2, 0) is 13.1 Å². The molecule has 1 N–H and O–H groups in total. The minimum Gasteiger partial charge on any atom is -0.337 e. The van der Waals surface area contributed by atoms with Gasteiger partial charge in [0.2, 0.25) is 0 Å². The molecular formula is C20H28N4OS. The second-order valence-corrected chi connectivity index (χ2v) is 8.66. The number of nitrogens with zero attached hydrogens (tertiary/aromatic N) is 3. The molecule has 3 rings (SSSR count). The van der Waals surface area contributed by atoms with Gasteiger partial charge in [-0.15, -0.1) is 11.3 Å². The summed E-state index contributed by atoms with van der Waals surface area (Å²) in [7, 11) is 2.14. The molecule has 1 unspecified atom stereocenters. The van der Waals surface area contributed by atoms with Gasteiger partial charge in [-0.2, -0.15) is 0 Å². The van der Waals surface area contributed by atoms with Crippen molar-refractivity contribution in [2.45, 2.75) is 33.4 Å². The zero-order valence-electron chi connectivity index (χ0n) is 15.9. The van der Waals surface area contributed by atoms with Crippen LogP contribution in [0.4, 0.5) is 4.79 Å². The number of rotatable bonds is 6. The van der Waals surface area contributed by atoms with E-state index in [4.69, 9.17) is 0 Å². The fourth-order valence-electron chi connectivity index (χ4n) is 3.44. The van der Waals surface area contributed by atoms with Crippen LogP contribution in [0.1, 0.15) is 29.5 Å². The SMILES string of the molecule is Cc1ccsc1CN(Cc1ccccn1)C(=O)NCC1(C)CCN(C)C1. The van der Waals surface area contributed by atoms with Crippen molar-refractivity contribution in [1.29, 1.82) is 0 Å². The normalized spacial score (nSPS) is 20.3. The fraction of sp³-hybridized carbons (Fsp3) is 0.500. The second-order valence-electron chi connectivity index (χ2n) is 7.66. The minimum atomic E-state index is -0.0146. The van der Waals surface area contributed by atoms with E-state index in [2.05, 4.69) is 47.5 Å². The topological polar surface area (TPSA) is 48.5 Å². The third-order valence-electron chi connectivity index (χ3n) is 5.08. The Hall–Kier alpha value is -1.92. The molecule has 0 aromatic carbocycles. The van der Waals surface area contributed by atoms with Crippen molar-refractivity contribution in [2.75, 3.05) is 26.7 Å². The number of hydrogen-bond donors (Lipinski definition) is 1. The predicted octanol–water partition coefficient (Wildman–Crippen LogP) is 3.51. The molecule has 0 aliphatic carbocycles. The summed E-state index contributed by atoms with van der Waals surface area (Å²) in [5.41, 5.74) is 2.29. The van der Waals surface area contributed by atoms with Gasteiger partial charge in [0.15, 0.2) is 0 Å². The Morgan fingerprint density at radius 1 is 1.38 bits per heavy atom. The van der Waals surface area contributed by atoms with E-state index in [0.29, 0.717) is 19.6 Å². The summed E-state index contributed by atoms with van der Waals surface area (Å²) in [6, 6.07) is 7.92. The average molecular weight is 373 g/mol. The quantitative estimate of drug-likeness (QED) is 0.844. The number of thiophene rings is 1. The first-order valence-electron chi connectivity index (χ1n) is 9.09. The van der Waals surface area contributed by atoms with Crippen molar-refractivity contribution in [3.63, 3.8) is 0 Å². The van der Waals surface area contributed by atoms with Crippen molar-refractivity contribution < 1.29 is 4.79 Å². The average Bonchev–Trinajstić information content (AvgIpc) is 3.19. The van der Waals surface area contributed by atoms with Crippen LogP contribution in [-0.4, -0.2) is 47.5 Å². The lowest BCUT2D eigenvalue weighted by atomic mass is 9.90. The van der Waals surface area contributed by atoms with Crippen LogP contribution < -0.4 is 5.32 Å². The molecule has 0 spiro atoms. The van der Waals surface area contributed by atoms with E-state index in [1.165, 1.54) is 10.4 Å². The highest BCUT2D eigenvalue weighted by atomic mass is 32.1. The summed E-state index contributed by atoms with van der Waals surface area (Å²) in [6.45, 7) is 8.30. The number of aryl methyl sites for hydroxylation is 1. The van der Waals surface area contributed by atoms with Crippen LogP contribution in [0.3, 0.4) is 0 Å². The Labute approximate surface area is 160 Å². The van der Waals surface area contributed by atoms with Gasteiger partial charge in [-0.1, -0.05) is 13.0 Å². The van der Waals surface area contributed by atoms with Gasteiger partial charge in [0.25, 0.3) is 0 Å². The van der Waals surface area contributed by atoms with Crippen molar-refractivity contribution in [2.24, 2.45) is 5.41 Å². The van der Waals surface area contributed by atoms with Crippen molar-refractivity contribution in [3.8, 4) is 0 Å². The summed E-state index contributed by atoms with van der Waals surface area (Å²) >= 11 is 1.70. The first-order chi connectivity index (χ1) is 12.5. The summed E-state index contributed by atoms with van der Waals surface area (Å²) in [5, 5.41) is 5.26. The van der Waals surface area contributed by atoms with Crippen LogP contribution in [0.25, 0.3) is 0 Å². The molecule has 0 bridgehead atoms. The van der Waals surface area contributed by atoms with Gasteiger partial charge in [0, 0.05) is 24.2 Å². The van der Waals surface area contributed by atoms with Gasteiger partial charge < -0.3 is 15.1 Å². The van der Waals surface area contributed by atoms with E-state index in [1.54, 1.807) is 17.5 Å². The van der Waals surface area contributed by atoms with Crippen molar-refractivity contribution in [3.05, 3.63) is 52.0 Å². The molecule has 6 heteroatoms. The number of aromatic nitrogens is 1. The maximum Gasteiger partial charge on any atom is 0.318 e. The number of pyridine rings is 1. The predicted molar refractivity (Wildman–Crippen MR) is 106 cm³/mol. The Morgan fingerprint density at radius 2 is 2.23 bits per heavy atom. The number of hydrogen-bond acceptors (Lipinski definition) is 4. The number of nitrogens with one attached hydrogen (secondary N) is 1. The Bertz CT molecular complexity index is 732. The number of likely N-dealkylation sites (tertiary alicyclic amines) is 1. The molecule has 2 amide bonds. The molecule has 1 saturated heterocycles. The molecule has 2 aromatic heterocycles. The zero-order valence-corrected chi connectivity index (χ0v) is 16.7. The monoisotopic (exact) mass is 372 g/mol. The van der Waals surface area contributed by atoms with Crippen molar-refractivity contribution in [1.82, 2.24) is 20.1 Å². The summed E-state index contributed by atoms with van der Waals surface area (Å²) < 4.78 is 0. The Balaban J connectivity index is 1.67. The van der Waals surface area contributed by atoms with Crippen LogP contribution in [0.15, 0.2) is 35.8 Å². The Morgan fingerprint density at radius 3 is 2.85 bits per heavy atom. The number of carbonyl (C=O) groups excluding carboxylic acids is 1. The molecule has 26 heavy (non-hydrogen) atoms. The minimum absolute atomic E-state index is 0.0146. The number of carbonyl (C=O) groups is 1. The van der Waals surface area contributed by atoms with Gasteiger partial charge >= 0.3 is 6.03 Å².